The van der Waals surface area contributed by atoms with Crippen LogP contribution >= 0.6 is 0 Å². The maximum atomic E-state index is 5.77. The molecule has 2 nitrogen and oxygen atoms in total. The lowest BCUT2D eigenvalue weighted by Crippen LogP contribution is -2.29. The van der Waals surface area contributed by atoms with Crippen LogP contribution in [0.2, 0.25) is 0 Å². The number of hydrogen-bond acceptors (Lipinski definition) is 2. The molecule has 144 valence electrons. The van der Waals surface area contributed by atoms with Crippen molar-refractivity contribution in [2.75, 3.05) is 19.8 Å². The molecule has 2 unspecified atom stereocenters. The van der Waals surface area contributed by atoms with Crippen molar-refractivity contribution in [3.8, 4) is 0 Å². The molecule has 0 aromatic heterocycles. The quantitative estimate of drug-likeness (QED) is 0.215. The molecule has 1 saturated heterocycles. The van der Waals surface area contributed by atoms with E-state index >= 15 is 0 Å². The van der Waals surface area contributed by atoms with Crippen molar-refractivity contribution in [2.24, 2.45) is 11.3 Å². The zero-order valence-electron chi connectivity index (χ0n) is 17.1. The molecular weight excluding hydrogens is 296 g/mol. The van der Waals surface area contributed by atoms with E-state index in [1.165, 1.54) is 77.0 Å². The van der Waals surface area contributed by atoms with E-state index in [0.717, 1.165) is 25.7 Å². The van der Waals surface area contributed by atoms with Crippen molar-refractivity contribution in [1.29, 1.82) is 0 Å². The maximum Gasteiger partial charge on any atom is 0.104 e. The minimum Gasteiger partial charge on any atom is -0.379 e. The van der Waals surface area contributed by atoms with Crippen molar-refractivity contribution in [1.82, 2.24) is 0 Å². The first kappa shape index (κ1) is 22.0. The predicted molar refractivity (Wildman–Crippen MR) is 105 cm³/mol. The van der Waals surface area contributed by atoms with Crippen LogP contribution in [-0.4, -0.2) is 25.9 Å². The number of rotatable bonds is 17. The first-order chi connectivity index (χ1) is 11.7. The maximum absolute atomic E-state index is 5.77. The molecule has 2 atom stereocenters. The molecule has 0 amide bonds. The first-order valence-electron chi connectivity index (χ1n) is 10.9. The predicted octanol–water partition coefficient (Wildman–Crippen LogP) is 6.77. The van der Waals surface area contributed by atoms with E-state index in [1.807, 2.05) is 0 Å². The van der Waals surface area contributed by atoms with Gasteiger partial charge in [0.1, 0.15) is 6.10 Å². The lowest BCUT2D eigenvalue weighted by atomic mass is 9.66. The molecule has 0 radical (unpaired) electrons. The van der Waals surface area contributed by atoms with Crippen molar-refractivity contribution >= 4 is 0 Å². The summed E-state index contributed by atoms with van der Waals surface area (Å²) >= 11 is 0. The number of unbranched alkanes of at least 4 members (excludes halogenated alkanes) is 5. The molecule has 1 fully saturated rings. The molecule has 24 heavy (non-hydrogen) atoms. The highest BCUT2D eigenvalue weighted by Crippen LogP contribution is 2.43. The third kappa shape index (κ3) is 8.34. The van der Waals surface area contributed by atoms with Crippen LogP contribution in [0.4, 0.5) is 0 Å². The fraction of sp³-hybridized carbons (Fsp3) is 1.00. The summed E-state index contributed by atoms with van der Waals surface area (Å²) in [6, 6.07) is 0. The van der Waals surface area contributed by atoms with Gasteiger partial charge in [-0.3, -0.25) is 0 Å². The van der Waals surface area contributed by atoms with E-state index in [9.17, 15) is 0 Å². The summed E-state index contributed by atoms with van der Waals surface area (Å²) in [5.41, 5.74) is 0.559. The van der Waals surface area contributed by atoms with E-state index < -0.39 is 0 Å². The Morgan fingerprint density at radius 1 is 0.875 bits per heavy atom. The summed E-state index contributed by atoms with van der Waals surface area (Å²) < 4.78 is 11.0. The Morgan fingerprint density at radius 3 is 2.04 bits per heavy atom. The van der Waals surface area contributed by atoms with Gasteiger partial charge < -0.3 is 9.47 Å². The van der Waals surface area contributed by atoms with E-state index in [1.54, 1.807) is 0 Å². The van der Waals surface area contributed by atoms with Gasteiger partial charge in [-0.2, -0.15) is 0 Å². The molecular formula is C22H44O2. The first-order valence-corrected chi connectivity index (χ1v) is 10.9. The molecule has 0 spiro atoms. The summed E-state index contributed by atoms with van der Waals surface area (Å²) in [6.45, 7) is 12.1. The minimum atomic E-state index is 0.407. The van der Waals surface area contributed by atoms with Gasteiger partial charge in [-0.1, -0.05) is 85.5 Å². The summed E-state index contributed by atoms with van der Waals surface area (Å²) in [7, 11) is 0. The Kier molecular flexibility index (Phi) is 12.0. The fourth-order valence-electron chi connectivity index (χ4n) is 4.35. The Balaban J connectivity index is 2.32. The van der Waals surface area contributed by atoms with Crippen LogP contribution in [0.5, 0.6) is 0 Å². The molecule has 1 heterocycles. The molecule has 0 aromatic carbocycles. The molecule has 0 aromatic rings. The SMILES string of the molecule is CCCCCCCCC(CCCOCC1CO1)C(CC)(CC)CC. The molecule has 2 heteroatoms. The zero-order valence-corrected chi connectivity index (χ0v) is 17.1. The van der Waals surface area contributed by atoms with Crippen molar-refractivity contribution in [3.05, 3.63) is 0 Å². The van der Waals surface area contributed by atoms with Gasteiger partial charge in [0.05, 0.1) is 13.2 Å². The van der Waals surface area contributed by atoms with E-state index in [4.69, 9.17) is 9.47 Å². The van der Waals surface area contributed by atoms with Gasteiger partial charge in [0, 0.05) is 6.61 Å². The largest absolute Gasteiger partial charge is 0.379 e. The van der Waals surface area contributed by atoms with Gasteiger partial charge in [0.25, 0.3) is 0 Å². The van der Waals surface area contributed by atoms with Gasteiger partial charge in [0.15, 0.2) is 0 Å². The van der Waals surface area contributed by atoms with Gasteiger partial charge in [0.2, 0.25) is 0 Å². The van der Waals surface area contributed by atoms with Crippen molar-refractivity contribution < 1.29 is 9.47 Å². The summed E-state index contributed by atoms with van der Waals surface area (Å²) in [6.07, 6.45) is 16.9. The molecule has 0 N–H and O–H groups in total. The topological polar surface area (TPSA) is 21.8 Å². The fourth-order valence-corrected chi connectivity index (χ4v) is 4.35. The average Bonchev–Trinajstić information content (AvgIpc) is 3.43. The standard InChI is InChI=1S/C22H44O2/c1-5-9-10-11-12-13-15-20(22(6-2,7-3)8-4)16-14-17-23-18-21-19-24-21/h20-21H,5-19H2,1-4H3. The monoisotopic (exact) mass is 340 g/mol. The number of epoxide rings is 1. The third-order valence-corrected chi connectivity index (χ3v) is 6.43. The van der Waals surface area contributed by atoms with Crippen LogP contribution in [0, 0.1) is 11.3 Å². The molecule has 1 aliphatic heterocycles. The molecule has 0 aliphatic carbocycles. The second-order valence-electron chi connectivity index (χ2n) is 7.85. The molecule has 0 bridgehead atoms. The number of ether oxygens (including phenoxy) is 2. The second-order valence-corrected chi connectivity index (χ2v) is 7.85. The second kappa shape index (κ2) is 13.2. The average molecular weight is 341 g/mol. The van der Waals surface area contributed by atoms with Gasteiger partial charge in [-0.05, 0) is 30.6 Å². The highest BCUT2D eigenvalue weighted by molar-refractivity contribution is 4.83. The van der Waals surface area contributed by atoms with Crippen LogP contribution in [-0.2, 0) is 9.47 Å². The van der Waals surface area contributed by atoms with E-state index in [2.05, 4.69) is 27.7 Å². The van der Waals surface area contributed by atoms with Crippen LogP contribution in [0.3, 0.4) is 0 Å². The highest BCUT2D eigenvalue weighted by atomic mass is 16.6. The minimum absolute atomic E-state index is 0.407. The lowest BCUT2D eigenvalue weighted by Gasteiger charge is -2.40. The van der Waals surface area contributed by atoms with Crippen molar-refractivity contribution in [2.45, 2.75) is 111 Å². The molecule has 1 aliphatic rings. The molecule has 0 saturated carbocycles. The van der Waals surface area contributed by atoms with E-state index in [0.29, 0.717) is 11.5 Å². The van der Waals surface area contributed by atoms with Crippen LogP contribution in [0.25, 0.3) is 0 Å². The normalized spacial score (nSPS) is 18.8. The van der Waals surface area contributed by atoms with E-state index in [-0.39, 0.29) is 0 Å². The van der Waals surface area contributed by atoms with Gasteiger partial charge >= 0.3 is 0 Å². The zero-order chi connectivity index (χ0) is 17.7. The van der Waals surface area contributed by atoms with Crippen LogP contribution < -0.4 is 0 Å². The summed E-state index contributed by atoms with van der Waals surface area (Å²) in [5, 5.41) is 0. The molecule has 1 rings (SSSR count). The van der Waals surface area contributed by atoms with Gasteiger partial charge in [-0.15, -0.1) is 0 Å². The Morgan fingerprint density at radius 2 is 1.46 bits per heavy atom. The number of hydrogen-bond donors (Lipinski definition) is 0. The Bertz CT molecular complexity index is 273. The van der Waals surface area contributed by atoms with Crippen LogP contribution in [0.1, 0.15) is 105 Å². The van der Waals surface area contributed by atoms with Crippen LogP contribution in [0.15, 0.2) is 0 Å². The lowest BCUT2D eigenvalue weighted by molar-refractivity contribution is 0.0814. The third-order valence-electron chi connectivity index (χ3n) is 6.43. The van der Waals surface area contributed by atoms with Crippen molar-refractivity contribution in [3.63, 3.8) is 0 Å². The van der Waals surface area contributed by atoms with Gasteiger partial charge in [-0.25, -0.2) is 0 Å². The Labute approximate surface area is 152 Å². The summed E-state index contributed by atoms with van der Waals surface area (Å²) in [5.74, 6) is 0.879. The highest BCUT2D eigenvalue weighted by Gasteiger charge is 2.33. The Hall–Kier alpha value is -0.0800. The summed E-state index contributed by atoms with van der Waals surface area (Å²) in [4.78, 5) is 0. The smallest absolute Gasteiger partial charge is 0.104 e.